The zero-order chi connectivity index (χ0) is 12.3. The molecule has 0 spiro atoms. The van der Waals surface area contributed by atoms with E-state index in [-0.39, 0.29) is 6.04 Å². The van der Waals surface area contributed by atoms with Crippen molar-refractivity contribution in [1.82, 2.24) is 9.88 Å². The largest absolute Gasteiger partial charge is 0.338 e. The van der Waals surface area contributed by atoms with Crippen LogP contribution >= 0.6 is 11.8 Å². The van der Waals surface area contributed by atoms with Crippen LogP contribution in [0.4, 0.5) is 0 Å². The molecule has 1 atom stereocenters. The van der Waals surface area contributed by atoms with Gasteiger partial charge in [-0.2, -0.15) is 0 Å². The molecule has 2 heterocycles. The third kappa shape index (κ3) is 2.80. The van der Waals surface area contributed by atoms with Gasteiger partial charge in [0.05, 0.1) is 6.04 Å². The van der Waals surface area contributed by atoms with Crippen molar-refractivity contribution in [2.75, 3.05) is 6.54 Å². The second-order valence-corrected chi connectivity index (χ2v) is 6.13. The van der Waals surface area contributed by atoms with Crippen molar-refractivity contribution in [2.24, 2.45) is 0 Å². The number of hydrogen-bond donors (Lipinski definition) is 0. The summed E-state index contributed by atoms with van der Waals surface area (Å²) < 4.78 is 0. The summed E-state index contributed by atoms with van der Waals surface area (Å²) in [5.41, 5.74) is 1.20. The molecule has 0 bridgehead atoms. The monoisotopic (exact) mass is 250 g/mol. The van der Waals surface area contributed by atoms with E-state index in [0.717, 1.165) is 30.8 Å². The van der Waals surface area contributed by atoms with E-state index in [4.69, 9.17) is 0 Å². The van der Waals surface area contributed by atoms with Crippen molar-refractivity contribution in [2.45, 2.75) is 43.0 Å². The lowest BCUT2D eigenvalue weighted by atomic mass is 10.1. The Bertz CT molecular complexity index is 395. The van der Waals surface area contributed by atoms with Gasteiger partial charge in [0.25, 0.3) is 0 Å². The van der Waals surface area contributed by atoms with Crippen LogP contribution < -0.4 is 0 Å². The summed E-state index contributed by atoms with van der Waals surface area (Å²) in [6, 6.07) is 4.29. The van der Waals surface area contributed by atoms with E-state index in [2.05, 4.69) is 24.9 Å². The van der Waals surface area contributed by atoms with Crippen LogP contribution in [0.3, 0.4) is 0 Å². The van der Waals surface area contributed by atoms with Crippen LogP contribution in [-0.2, 0) is 4.79 Å². The van der Waals surface area contributed by atoms with Crippen molar-refractivity contribution in [1.29, 1.82) is 0 Å². The Hall–Kier alpha value is -1.03. The smallest absolute Gasteiger partial charge is 0.210 e. The quantitative estimate of drug-likeness (QED) is 0.608. The van der Waals surface area contributed by atoms with Gasteiger partial charge in [0, 0.05) is 23.6 Å². The van der Waals surface area contributed by atoms with Crippen molar-refractivity contribution in [3.05, 3.63) is 23.9 Å². The minimum absolute atomic E-state index is 0.224. The molecule has 0 aromatic carbocycles. The maximum Gasteiger partial charge on any atom is 0.210 e. The van der Waals surface area contributed by atoms with E-state index in [9.17, 15) is 4.79 Å². The molecule has 1 fully saturated rings. The lowest BCUT2D eigenvalue weighted by Crippen LogP contribution is -2.21. The average molecular weight is 250 g/mol. The molecule has 2 rings (SSSR count). The van der Waals surface area contributed by atoms with Gasteiger partial charge >= 0.3 is 0 Å². The molecular formula is C13H18N2OS. The first kappa shape index (κ1) is 12.4. The predicted molar refractivity (Wildman–Crippen MR) is 70.0 cm³/mol. The van der Waals surface area contributed by atoms with Gasteiger partial charge in [0.15, 0.2) is 0 Å². The van der Waals surface area contributed by atoms with E-state index < -0.39 is 0 Å². The van der Waals surface area contributed by atoms with Gasteiger partial charge in [-0.3, -0.25) is 4.79 Å². The number of thioether (sulfide) groups is 1. The zero-order valence-corrected chi connectivity index (χ0v) is 11.1. The van der Waals surface area contributed by atoms with Crippen LogP contribution in [0.1, 0.15) is 38.3 Å². The summed E-state index contributed by atoms with van der Waals surface area (Å²) in [7, 11) is 0. The molecule has 1 amide bonds. The number of aromatic nitrogens is 1. The normalized spacial score (nSPS) is 19.9. The van der Waals surface area contributed by atoms with Gasteiger partial charge in [-0.1, -0.05) is 19.9 Å². The molecule has 0 radical (unpaired) electrons. The highest BCUT2D eigenvalue weighted by molar-refractivity contribution is 7.99. The minimum atomic E-state index is 0.224. The molecule has 4 heteroatoms. The van der Waals surface area contributed by atoms with Gasteiger partial charge in [-0.15, -0.1) is 11.8 Å². The molecule has 1 aromatic heterocycles. The lowest BCUT2D eigenvalue weighted by molar-refractivity contribution is -0.118. The summed E-state index contributed by atoms with van der Waals surface area (Å²) in [5, 5.41) is 1.58. The summed E-state index contributed by atoms with van der Waals surface area (Å²) in [5.74, 6) is 0. The van der Waals surface area contributed by atoms with Crippen LogP contribution in [0.2, 0.25) is 0 Å². The Morgan fingerprint density at radius 2 is 2.41 bits per heavy atom. The summed E-state index contributed by atoms with van der Waals surface area (Å²) in [6.45, 7) is 5.19. The Labute approximate surface area is 107 Å². The molecule has 92 valence electrons. The second kappa shape index (κ2) is 5.54. The molecule has 0 aliphatic carbocycles. The SMILES string of the molecule is CC(C)Sc1ncccc1[C@@H]1CCCN1C=O. The number of carbonyl (C=O) groups excluding carboxylic acids is 1. The van der Waals surface area contributed by atoms with Crippen LogP contribution in [0.15, 0.2) is 23.4 Å². The molecule has 1 aromatic rings. The fourth-order valence-corrected chi connectivity index (χ4v) is 3.14. The standard InChI is InChI=1S/C13H18N2OS/c1-10(2)17-13-11(5-3-7-14-13)12-6-4-8-15(12)9-16/h3,5,7,9-10,12H,4,6,8H2,1-2H3/t12-/m0/s1. The fraction of sp³-hybridized carbons (Fsp3) is 0.538. The summed E-state index contributed by atoms with van der Waals surface area (Å²) in [6.07, 6.45) is 4.93. The van der Waals surface area contributed by atoms with Gasteiger partial charge in [-0.25, -0.2) is 4.98 Å². The Balaban J connectivity index is 2.27. The molecule has 1 aliphatic rings. The van der Waals surface area contributed by atoms with Gasteiger partial charge in [0.2, 0.25) is 6.41 Å². The van der Waals surface area contributed by atoms with Crippen LogP contribution in [0, 0.1) is 0 Å². The number of amides is 1. The second-order valence-electron chi connectivity index (χ2n) is 4.57. The highest BCUT2D eigenvalue weighted by atomic mass is 32.2. The Morgan fingerprint density at radius 3 is 3.12 bits per heavy atom. The maximum atomic E-state index is 11.0. The first-order valence-electron chi connectivity index (χ1n) is 6.05. The van der Waals surface area contributed by atoms with Gasteiger partial charge < -0.3 is 4.90 Å². The van der Waals surface area contributed by atoms with E-state index in [1.54, 1.807) is 11.8 Å². The Kier molecular flexibility index (Phi) is 4.05. The number of rotatable bonds is 4. The average Bonchev–Trinajstić information content (AvgIpc) is 2.77. The van der Waals surface area contributed by atoms with Gasteiger partial charge in [0.1, 0.15) is 5.03 Å². The first-order chi connectivity index (χ1) is 8.22. The maximum absolute atomic E-state index is 11.0. The number of pyridine rings is 1. The van der Waals surface area contributed by atoms with Crippen molar-refractivity contribution < 1.29 is 4.79 Å². The molecule has 0 N–H and O–H groups in total. The number of likely N-dealkylation sites (tertiary alicyclic amines) is 1. The molecule has 17 heavy (non-hydrogen) atoms. The van der Waals surface area contributed by atoms with E-state index in [1.165, 1.54) is 5.56 Å². The molecule has 3 nitrogen and oxygen atoms in total. The van der Waals surface area contributed by atoms with Gasteiger partial charge in [-0.05, 0) is 18.9 Å². The molecular weight excluding hydrogens is 232 g/mol. The highest BCUT2D eigenvalue weighted by Gasteiger charge is 2.27. The number of nitrogens with zero attached hydrogens (tertiary/aromatic N) is 2. The minimum Gasteiger partial charge on any atom is -0.338 e. The fourth-order valence-electron chi connectivity index (χ4n) is 2.23. The lowest BCUT2D eigenvalue weighted by Gasteiger charge is -2.22. The van der Waals surface area contributed by atoms with E-state index in [1.807, 2.05) is 17.2 Å². The third-order valence-corrected chi connectivity index (χ3v) is 3.97. The highest BCUT2D eigenvalue weighted by Crippen LogP contribution is 2.36. The third-order valence-electron chi connectivity index (χ3n) is 2.94. The molecule has 0 saturated carbocycles. The van der Waals surface area contributed by atoms with E-state index in [0.29, 0.717) is 5.25 Å². The molecule has 1 aliphatic heterocycles. The van der Waals surface area contributed by atoms with Crippen LogP contribution in [0.25, 0.3) is 0 Å². The summed E-state index contributed by atoms with van der Waals surface area (Å²) >= 11 is 1.77. The first-order valence-corrected chi connectivity index (χ1v) is 6.93. The predicted octanol–water partition coefficient (Wildman–Crippen LogP) is 2.88. The van der Waals surface area contributed by atoms with E-state index >= 15 is 0 Å². The van der Waals surface area contributed by atoms with Crippen LogP contribution in [-0.4, -0.2) is 28.1 Å². The number of carbonyl (C=O) groups is 1. The van der Waals surface area contributed by atoms with Crippen molar-refractivity contribution in [3.8, 4) is 0 Å². The topological polar surface area (TPSA) is 33.2 Å². The molecule has 1 saturated heterocycles. The zero-order valence-electron chi connectivity index (χ0n) is 10.3. The van der Waals surface area contributed by atoms with Crippen LogP contribution in [0.5, 0.6) is 0 Å². The molecule has 0 unspecified atom stereocenters. The van der Waals surface area contributed by atoms with Crippen molar-refractivity contribution >= 4 is 18.2 Å². The summed E-state index contributed by atoms with van der Waals surface area (Å²) in [4.78, 5) is 17.4. The number of hydrogen-bond acceptors (Lipinski definition) is 3. The van der Waals surface area contributed by atoms with Crippen molar-refractivity contribution in [3.63, 3.8) is 0 Å². The Morgan fingerprint density at radius 1 is 1.59 bits per heavy atom.